The third-order valence-electron chi connectivity index (χ3n) is 3.65. The van der Waals surface area contributed by atoms with Gasteiger partial charge in [0.1, 0.15) is 0 Å². The van der Waals surface area contributed by atoms with E-state index < -0.39 is 12.1 Å². The molecule has 0 unspecified atom stereocenters. The van der Waals surface area contributed by atoms with E-state index >= 15 is 0 Å². The summed E-state index contributed by atoms with van der Waals surface area (Å²) in [5.74, 6) is -0.523. The van der Waals surface area contributed by atoms with Gasteiger partial charge in [0.25, 0.3) is 0 Å². The summed E-state index contributed by atoms with van der Waals surface area (Å²) in [6.45, 7) is 2.23. The molecule has 0 amide bonds. The third kappa shape index (κ3) is 13.9. The maximum absolute atomic E-state index is 11.0. The van der Waals surface area contributed by atoms with Crippen molar-refractivity contribution < 1.29 is 14.6 Å². The number of hydrogen-bond donors (Lipinski definition) is 1. The van der Waals surface area contributed by atoms with Crippen LogP contribution in [0.2, 0.25) is 0 Å². The molecule has 0 aromatic carbocycles. The highest BCUT2D eigenvalue weighted by molar-refractivity contribution is 5.74. The van der Waals surface area contributed by atoms with E-state index in [1.54, 1.807) is 0 Å². The molecule has 0 saturated heterocycles. The Morgan fingerprint density at radius 2 is 1.55 bits per heavy atom. The lowest BCUT2D eigenvalue weighted by atomic mass is 10.1. The molecule has 0 saturated carbocycles. The first-order valence-electron chi connectivity index (χ1n) is 8.78. The molecule has 0 aromatic rings. The van der Waals surface area contributed by atoms with Gasteiger partial charge in [-0.3, -0.25) is 0 Å². The molecule has 22 heavy (non-hydrogen) atoms. The van der Waals surface area contributed by atoms with Crippen molar-refractivity contribution in [2.45, 2.75) is 83.7 Å². The summed E-state index contributed by atoms with van der Waals surface area (Å²) in [5, 5.41) is 9.42. The van der Waals surface area contributed by atoms with Gasteiger partial charge in [0.15, 0.2) is 6.10 Å². The molecule has 1 atom stereocenters. The smallest absolute Gasteiger partial charge is 0.334 e. The van der Waals surface area contributed by atoms with Crippen LogP contribution < -0.4 is 0 Å². The summed E-state index contributed by atoms with van der Waals surface area (Å²) in [7, 11) is 1.30. The van der Waals surface area contributed by atoms with Gasteiger partial charge in [-0.05, 0) is 38.5 Å². The van der Waals surface area contributed by atoms with Gasteiger partial charge in [-0.2, -0.15) is 0 Å². The fraction of sp³-hybridized carbons (Fsp3) is 0.737. The van der Waals surface area contributed by atoms with Gasteiger partial charge < -0.3 is 9.84 Å². The number of hydrogen-bond acceptors (Lipinski definition) is 3. The predicted octanol–water partition coefficient (Wildman–Crippen LogP) is 4.94. The Bertz CT molecular complexity index is 308. The molecule has 3 heteroatoms. The van der Waals surface area contributed by atoms with E-state index in [9.17, 15) is 9.90 Å². The number of aliphatic hydroxyl groups excluding tert-OH is 1. The minimum absolute atomic E-state index is 0.505. The molecule has 3 nitrogen and oxygen atoms in total. The number of ether oxygens (including phenoxy) is 1. The van der Waals surface area contributed by atoms with Crippen molar-refractivity contribution in [2.75, 3.05) is 7.11 Å². The molecular formula is C19H34O3. The minimum atomic E-state index is -0.950. The van der Waals surface area contributed by atoms with E-state index in [2.05, 4.69) is 36.0 Å². The first-order chi connectivity index (χ1) is 10.7. The van der Waals surface area contributed by atoms with Crippen LogP contribution in [0.5, 0.6) is 0 Å². The van der Waals surface area contributed by atoms with Gasteiger partial charge in [-0.25, -0.2) is 4.79 Å². The summed E-state index contributed by atoms with van der Waals surface area (Å²) in [6.07, 6.45) is 20.1. The quantitative estimate of drug-likeness (QED) is 0.281. The highest BCUT2D eigenvalue weighted by atomic mass is 16.5. The van der Waals surface area contributed by atoms with Crippen molar-refractivity contribution in [3.8, 4) is 0 Å². The first kappa shape index (κ1) is 20.9. The molecule has 0 aliphatic rings. The largest absolute Gasteiger partial charge is 0.467 e. The fourth-order valence-corrected chi connectivity index (χ4v) is 2.23. The lowest BCUT2D eigenvalue weighted by molar-refractivity contribution is -0.150. The summed E-state index contributed by atoms with van der Waals surface area (Å²) in [4.78, 5) is 11.0. The summed E-state index contributed by atoms with van der Waals surface area (Å²) in [5.41, 5.74) is 0. The van der Waals surface area contributed by atoms with Crippen molar-refractivity contribution >= 4 is 5.97 Å². The molecule has 0 radical (unpaired) electrons. The van der Waals surface area contributed by atoms with Crippen LogP contribution >= 0.6 is 0 Å². The van der Waals surface area contributed by atoms with Crippen LogP contribution in [0.4, 0.5) is 0 Å². The van der Waals surface area contributed by atoms with E-state index in [1.807, 2.05) is 0 Å². The van der Waals surface area contributed by atoms with Gasteiger partial charge in [-0.15, -0.1) is 0 Å². The maximum Gasteiger partial charge on any atom is 0.334 e. The van der Waals surface area contributed by atoms with Crippen molar-refractivity contribution in [1.29, 1.82) is 0 Å². The zero-order valence-corrected chi connectivity index (χ0v) is 14.4. The lowest BCUT2D eigenvalue weighted by Crippen LogP contribution is -2.21. The summed E-state index contributed by atoms with van der Waals surface area (Å²) in [6, 6.07) is 0. The van der Waals surface area contributed by atoms with Crippen LogP contribution in [0.1, 0.15) is 77.6 Å². The van der Waals surface area contributed by atoms with E-state index in [1.165, 1.54) is 39.2 Å². The minimum Gasteiger partial charge on any atom is -0.467 e. The van der Waals surface area contributed by atoms with Gasteiger partial charge in [-0.1, -0.05) is 63.3 Å². The van der Waals surface area contributed by atoms with Crippen LogP contribution in [-0.2, 0) is 9.53 Å². The monoisotopic (exact) mass is 310 g/mol. The van der Waals surface area contributed by atoms with Crippen molar-refractivity contribution in [3.05, 3.63) is 24.3 Å². The highest BCUT2D eigenvalue weighted by Gasteiger charge is 2.13. The predicted molar refractivity (Wildman–Crippen MR) is 92.8 cm³/mol. The lowest BCUT2D eigenvalue weighted by Gasteiger charge is -2.07. The molecule has 128 valence electrons. The Hall–Kier alpha value is -1.09. The van der Waals surface area contributed by atoms with Gasteiger partial charge in [0, 0.05) is 0 Å². The number of carbonyl (C=O) groups excluding carboxylic acids is 1. The number of unbranched alkanes of at least 4 members (excludes halogenated alkanes) is 7. The number of allylic oxidation sites excluding steroid dienone is 4. The van der Waals surface area contributed by atoms with Crippen LogP contribution in [0, 0.1) is 0 Å². The number of rotatable bonds is 14. The van der Waals surface area contributed by atoms with Gasteiger partial charge in [0.2, 0.25) is 0 Å². The van der Waals surface area contributed by atoms with E-state index in [4.69, 9.17) is 0 Å². The second-order valence-electron chi connectivity index (χ2n) is 5.70. The van der Waals surface area contributed by atoms with Gasteiger partial charge in [0.05, 0.1) is 7.11 Å². The SMILES string of the molecule is CCCCC/C=C\C/C=C\CCCCCC[C@@H](O)C(=O)OC. The number of esters is 1. The van der Waals surface area contributed by atoms with Crippen LogP contribution in [-0.4, -0.2) is 24.3 Å². The zero-order valence-electron chi connectivity index (χ0n) is 14.4. The Kier molecular flexibility index (Phi) is 15.5. The van der Waals surface area contributed by atoms with Gasteiger partial charge >= 0.3 is 5.97 Å². The van der Waals surface area contributed by atoms with E-state index in [-0.39, 0.29) is 0 Å². The Morgan fingerprint density at radius 3 is 2.14 bits per heavy atom. The average Bonchev–Trinajstić information content (AvgIpc) is 2.54. The fourth-order valence-electron chi connectivity index (χ4n) is 2.23. The standard InChI is InChI=1S/C19H34O3/c1-3-4-5-6-7-8-9-10-11-12-13-14-15-16-17-18(20)19(21)22-2/h7-8,10-11,18,20H,3-6,9,12-17H2,1-2H3/b8-7-,11-10-/t18-/m1/s1. The van der Waals surface area contributed by atoms with E-state index in [0.29, 0.717) is 6.42 Å². The molecule has 0 bridgehead atoms. The highest BCUT2D eigenvalue weighted by Crippen LogP contribution is 2.09. The molecule has 0 aromatic heterocycles. The number of carbonyl (C=O) groups is 1. The van der Waals surface area contributed by atoms with E-state index in [0.717, 1.165) is 32.1 Å². The molecule has 0 heterocycles. The molecular weight excluding hydrogens is 276 g/mol. The number of methoxy groups -OCH3 is 1. The topological polar surface area (TPSA) is 46.5 Å². The molecule has 0 fully saturated rings. The van der Waals surface area contributed by atoms with Crippen LogP contribution in [0.15, 0.2) is 24.3 Å². The van der Waals surface area contributed by atoms with Crippen molar-refractivity contribution in [2.24, 2.45) is 0 Å². The third-order valence-corrected chi connectivity index (χ3v) is 3.65. The normalized spacial score (nSPS) is 13.0. The molecule has 1 N–H and O–H groups in total. The Morgan fingerprint density at radius 1 is 0.955 bits per heavy atom. The second kappa shape index (κ2) is 16.3. The molecule has 0 rings (SSSR count). The number of aliphatic hydroxyl groups is 1. The van der Waals surface area contributed by atoms with Crippen LogP contribution in [0.25, 0.3) is 0 Å². The second-order valence-corrected chi connectivity index (χ2v) is 5.70. The zero-order chi connectivity index (χ0) is 16.5. The average molecular weight is 310 g/mol. The molecule has 0 spiro atoms. The first-order valence-corrected chi connectivity index (χ1v) is 8.78. The van der Waals surface area contributed by atoms with Crippen molar-refractivity contribution in [1.82, 2.24) is 0 Å². The van der Waals surface area contributed by atoms with Crippen LogP contribution in [0.3, 0.4) is 0 Å². The molecule has 0 aliphatic carbocycles. The van der Waals surface area contributed by atoms with Crippen molar-refractivity contribution in [3.63, 3.8) is 0 Å². The maximum atomic E-state index is 11.0. The Labute approximate surface area is 136 Å². The molecule has 0 aliphatic heterocycles. The summed E-state index contributed by atoms with van der Waals surface area (Å²) < 4.78 is 4.48. The summed E-state index contributed by atoms with van der Waals surface area (Å²) >= 11 is 0. The Balaban J connectivity index is 3.32.